The molecule has 2 fully saturated rings. The number of nitrogens with zero attached hydrogens (tertiary/aromatic N) is 3. The highest BCUT2D eigenvalue weighted by molar-refractivity contribution is 7.99. The minimum atomic E-state index is -0.0610. The van der Waals surface area contributed by atoms with Gasteiger partial charge in [-0.05, 0) is 43.5 Å². The lowest BCUT2D eigenvalue weighted by atomic mass is 9.94. The number of pyridine rings is 1. The maximum absolute atomic E-state index is 13.2. The van der Waals surface area contributed by atoms with E-state index in [9.17, 15) is 4.79 Å². The van der Waals surface area contributed by atoms with Crippen molar-refractivity contribution < 1.29 is 9.53 Å². The first-order valence-corrected chi connectivity index (χ1v) is 13.1. The maximum atomic E-state index is 13.2. The lowest BCUT2D eigenvalue weighted by Crippen LogP contribution is -2.56. The lowest BCUT2D eigenvalue weighted by molar-refractivity contribution is 0.0814. The first kappa shape index (κ1) is 22.3. The van der Waals surface area contributed by atoms with Crippen molar-refractivity contribution in [1.29, 1.82) is 0 Å². The summed E-state index contributed by atoms with van der Waals surface area (Å²) < 4.78 is 8.08. The van der Waals surface area contributed by atoms with E-state index in [1.165, 1.54) is 37.2 Å². The number of carbonyl (C=O) groups excluding carboxylic acids is 1. The number of hydrogen-bond donors (Lipinski definition) is 1. The van der Waals surface area contributed by atoms with Crippen LogP contribution in [0.3, 0.4) is 0 Å². The average Bonchev–Trinajstić information content (AvgIpc) is 3.51. The number of hydrogen-bond acceptors (Lipinski definition) is 5. The number of nitrogens with one attached hydrogen (secondary N) is 1. The van der Waals surface area contributed by atoms with Gasteiger partial charge in [-0.25, -0.2) is 4.98 Å². The fourth-order valence-corrected chi connectivity index (χ4v) is 6.12. The Morgan fingerprint density at radius 1 is 1.15 bits per heavy atom. The molecule has 5 rings (SSSR count). The standard InChI is InChI=1S/C26H32N4O2S/c1-20-7-6-12-29-17-21(28-24(20)29)18-32-23-9-3-2-8-22(23)25(31)27-19-26(10-4-5-11-26)30-13-15-33-16-14-30/h2-3,6-9,12,17H,4-5,10-11,13-16,18-19H2,1H3,(H,27,31). The van der Waals surface area contributed by atoms with Gasteiger partial charge in [0.25, 0.3) is 5.91 Å². The number of fused-ring (bicyclic) bond motifs is 1. The number of rotatable bonds is 7. The van der Waals surface area contributed by atoms with E-state index in [0.29, 0.717) is 24.5 Å². The van der Waals surface area contributed by atoms with Crippen molar-refractivity contribution in [2.75, 3.05) is 31.1 Å². The summed E-state index contributed by atoms with van der Waals surface area (Å²) in [6.45, 7) is 5.32. The third-order valence-corrected chi connectivity index (χ3v) is 7.97. The molecule has 2 aliphatic rings. The first-order chi connectivity index (χ1) is 16.1. The number of thioether (sulfide) groups is 1. The molecule has 0 bridgehead atoms. The Hall–Kier alpha value is -2.51. The van der Waals surface area contributed by atoms with E-state index in [-0.39, 0.29) is 11.4 Å². The number of benzene rings is 1. The van der Waals surface area contributed by atoms with Crippen molar-refractivity contribution in [3.8, 4) is 5.75 Å². The molecule has 1 aliphatic heterocycles. The van der Waals surface area contributed by atoms with E-state index in [0.717, 1.165) is 30.0 Å². The monoisotopic (exact) mass is 464 g/mol. The molecular formula is C26H32N4O2S. The number of imidazole rings is 1. The molecule has 7 heteroatoms. The van der Waals surface area contributed by atoms with E-state index in [2.05, 4.69) is 15.2 Å². The van der Waals surface area contributed by atoms with Gasteiger partial charge in [0.1, 0.15) is 18.0 Å². The molecule has 1 N–H and O–H groups in total. The summed E-state index contributed by atoms with van der Waals surface area (Å²) in [5.41, 5.74) is 3.59. The first-order valence-electron chi connectivity index (χ1n) is 11.9. The molecule has 2 aromatic heterocycles. The summed E-state index contributed by atoms with van der Waals surface area (Å²) in [5.74, 6) is 2.91. The van der Waals surface area contributed by atoms with E-state index >= 15 is 0 Å². The molecule has 1 saturated carbocycles. The zero-order chi connectivity index (χ0) is 22.7. The number of carbonyl (C=O) groups is 1. The zero-order valence-electron chi connectivity index (χ0n) is 19.3. The van der Waals surface area contributed by atoms with E-state index in [1.54, 1.807) is 0 Å². The van der Waals surface area contributed by atoms with Crippen LogP contribution in [-0.4, -0.2) is 56.9 Å². The maximum Gasteiger partial charge on any atom is 0.255 e. The second-order valence-electron chi connectivity index (χ2n) is 9.15. The highest BCUT2D eigenvalue weighted by Gasteiger charge is 2.40. The van der Waals surface area contributed by atoms with E-state index in [1.807, 2.05) is 71.9 Å². The topological polar surface area (TPSA) is 58.9 Å². The molecule has 0 radical (unpaired) electrons. The van der Waals surface area contributed by atoms with Crippen LogP contribution >= 0.6 is 11.8 Å². The van der Waals surface area contributed by atoms with Gasteiger partial charge in [-0.15, -0.1) is 0 Å². The Morgan fingerprint density at radius 3 is 2.73 bits per heavy atom. The fourth-order valence-electron chi connectivity index (χ4n) is 5.22. The molecule has 1 amide bonds. The molecule has 3 heterocycles. The number of para-hydroxylation sites is 1. The highest BCUT2D eigenvalue weighted by Crippen LogP contribution is 2.36. The SMILES string of the molecule is Cc1cccn2cc(COc3ccccc3C(=O)NCC3(N4CCSCC4)CCCC3)nc12. The van der Waals surface area contributed by atoms with Crippen LogP contribution in [0.1, 0.15) is 47.3 Å². The summed E-state index contributed by atoms with van der Waals surface area (Å²) in [7, 11) is 0. The second-order valence-corrected chi connectivity index (χ2v) is 10.4. The summed E-state index contributed by atoms with van der Waals surface area (Å²) in [4.78, 5) is 20.5. The number of aromatic nitrogens is 2. The van der Waals surface area contributed by atoms with Gasteiger partial charge in [0, 0.05) is 49.1 Å². The largest absolute Gasteiger partial charge is 0.486 e. The number of amides is 1. The number of ether oxygens (including phenoxy) is 1. The molecule has 1 aromatic carbocycles. The predicted octanol–water partition coefficient (Wildman–Crippen LogP) is 4.31. The van der Waals surface area contributed by atoms with E-state index < -0.39 is 0 Å². The van der Waals surface area contributed by atoms with Gasteiger partial charge in [-0.2, -0.15) is 11.8 Å². The van der Waals surface area contributed by atoms with Crippen LogP contribution in [0.5, 0.6) is 5.75 Å². The summed E-state index contributed by atoms with van der Waals surface area (Å²) in [6, 6.07) is 11.6. The van der Waals surface area contributed by atoms with Crippen LogP contribution in [0, 0.1) is 6.92 Å². The average molecular weight is 465 g/mol. The molecular weight excluding hydrogens is 432 g/mol. The van der Waals surface area contributed by atoms with Gasteiger partial charge < -0.3 is 14.5 Å². The highest BCUT2D eigenvalue weighted by atomic mass is 32.2. The molecule has 1 aliphatic carbocycles. The lowest BCUT2D eigenvalue weighted by Gasteiger charge is -2.43. The molecule has 0 spiro atoms. The van der Waals surface area contributed by atoms with Crippen LogP contribution < -0.4 is 10.1 Å². The van der Waals surface area contributed by atoms with Gasteiger partial charge in [0.05, 0.1) is 11.3 Å². The van der Waals surface area contributed by atoms with Crippen LogP contribution in [0.4, 0.5) is 0 Å². The van der Waals surface area contributed by atoms with Crippen LogP contribution in [-0.2, 0) is 6.61 Å². The zero-order valence-corrected chi connectivity index (χ0v) is 20.1. The van der Waals surface area contributed by atoms with Crippen LogP contribution in [0.2, 0.25) is 0 Å². The molecule has 6 nitrogen and oxygen atoms in total. The van der Waals surface area contributed by atoms with E-state index in [4.69, 9.17) is 4.74 Å². The van der Waals surface area contributed by atoms with Crippen molar-refractivity contribution in [3.05, 3.63) is 65.6 Å². The van der Waals surface area contributed by atoms with Crippen molar-refractivity contribution >= 4 is 23.3 Å². The van der Waals surface area contributed by atoms with Crippen molar-refractivity contribution in [2.45, 2.75) is 44.8 Å². The molecule has 0 unspecified atom stereocenters. The third-order valence-electron chi connectivity index (χ3n) is 7.03. The summed E-state index contributed by atoms with van der Waals surface area (Å²) in [5, 5.41) is 3.26. The Labute approximate surface area is 199 Å². The van der Waals surface area contributed by atoms with Gasteiger partial charge in [0.15, 0.2) is 0 Å². The molecule has 174 valence electrons. The Morgan fingerprint density at radius 2 is 1.94 bits per heavy atom. The summed E-state index contributed by atoms with van der Waals surface area (Å²) in [6.07, 6.45) is 8.80. The molecule has 33 heavy (non-hydrogen) atoms. The second kappa shape index (κ2) is 9.77. The van der Waals surface area contributed by atoms with Gasteiger partial charge in [-0.3, -0.25) is 9.69 Å². The Kier molecular flexibility index (Phi) is 6.60. The Balaban J connectivity index is 1.26. The Bertz CT molecular complexity index is 1120. The fraction of sp³-hybridized carbons (Fsp3) is 0.462. The van der Waals surface area contributed by atoms with Crippen LogP contribution in [0.15, 0.2) is 48.8 Å². The quantitative estimate of drug-likeness (QED) is 0.565. The van der Waals surface area contributed by atoms with Crippen molar-refractivity contribution in [1.82, 2.24) is 19.6 Å². The molecule has 0 atom stereocenters. The third kappa shape index (κ3) is 4.75. The van der Waals surface area contributed by atoms with Gasteiger partial charge in [0.2, 0.25) is 0 Å². The smallest absolute Gasteiger partial charge is 0.255 e. The minimum Gasteiger partial charge on any atom is -0.486 e. The summed E-state index contributed by atoms with van der Waals surface area (Å²) >= 11 is 2.03. The minimum absolute atomic E-state index is 0.0610. The molecule has 3 aromatic rings. The van der Waals surface area contributed by atoms with Gasteiger partial charge >= 0.3 is 0 Å². The predicted molar refractivity (Wildman–Crippen MR) is 133 cm³/mol. The molecule has 1 saturated heterocycles. The number of aryl methyl sites for hydroxylation is 1. The van der Waals surface area contributed by atoms with Crippen molar-refractivity contribution in [3.63, 3.8) is 0 Å². The van der Waals surface area contributed by atoms with Crippen LogP contribution in [0.25, 0.3) is 5.65 Å². The normalized spacial score (nSPS) is 18.5. The van der Waals surface area contributed by atoms with Gasteiger partial charge in [-0.1, -0.05) is 31.0 Å². The van der Waals surface area contributed by atoms with Crippen molar-refractivity contribution in [2.24, 2.45) is 0 Å².